The Kier molecular flexibility index (Phi) is 6.21. The highest BCUT2D eigenvalue weighted by molar-refractivity contribution is 5.91. The molecule has 0 atom stereocenters. The fraction of sp³-hybridized carbons (Fsp3) is 0.500. The fourth-order valence-electron chi connectivity index (χ4n) is 3.51. The molecule has 27 heavy (non-hydrogen) atoms. The molecule has 7 heteroatoms. The van der Waals surface area contributed by atoms with Gasteiger partial charge in [-0.3, -0.25) is 0 Å². The standard InChI is InChI=1S/C20H28N4O3/c1-4-19-21-9-12-24(19)14-15-7-10-23(11-8-15)20(25)22-17-6-5-16(26-2)13-18(17)27-3/h5-6,9,12-13,15H,4,7-8,10-11,14H2,1-3H3,(H,22,25). The van der Waals surface area contributed by atoms with Crippen LogP contribution in [0.15, 0.2) is 30.6 Å². The number of hydrogen-bond acceptors (Lipinski definition) is 4. The molecule has 0 bridgehead atoms. The van der Waals surface area contributed by atoms with Gasteiger partial charge in [0.05, 0.1) is 19.9 Å². The lowest BCUT2D eigenvalue weighted by molar-refractivity contribution is 0.176. The first kappa shape index (κ1) is 19.1. The summed E-state index contributed by atoms with van der Waals surface area (Å²) in [5.74, 6) is 2.98. The summed E-state index contributed by atoms with van der Waals surface area (Å²) in [5, 5.41) is 2.95. The number of aryl methyl sites for hydroxylation is 1. The van der Waals surface area contributed by atoms with Gasteiger partial charge in [0, 0.05) is 44.5 Å². The number of nitrogens with zero attached hydrogens (tertiary/aromatic N) is 3. The number of imidazole rings is 1. The second-order valence-electron chi connectivity index (χ2n) is 6.78. The summed E-state index contributed by atoms with van der Waals surface area (Å²) in [5.41, 5.74) is 0.649. The van der Waals surface area contributed by atoms with E-state index in [1.807, 2.05) is 17.3 Å². The highest BCUT2D eigenvalue weighted by atomic mass is 16.5. The first-order chi connectivity index (χ1) is 13.1. The lowest BCUT2D eigenvalue weighted by atomic mass is 9.97. The Morgan fingerprint density at radius 3 is 2.70 bits per heavy atom. The van der Waals surface area contributed by atoms with Crippen molar-refractivity contribution in [3.63, 3.8) is 0 Å². The van der Waals surface area contributed by atoms with Crippen molar-refractivity contribution in [3.05, 3.63) is 36.4 Å². The Balaban J connectivity index is 1.54. The Hall–Kier alpha value is -2.70. The molecular weight excluding hydrogens is 344 g/mol. The van der Waals surface area contributed by atoms with Crippen molar-refractivity contribution < 1.29 is 14.3 Å². The van der Waals surface area contributed by atoms with E-state index < -0.39 is 0 Å². The van der Waals surface area contributed by atoms with Crippen molar-refractivity contribution in [2.75, 3.05) is 32.6 Å². The number of ether oxygens (including phenoxy) is 2. The molecule has 0 radical (unpaired) electrons. The summed E-state index contributed by atoms with van der Waals surface area (Å²) in [6, 6.07) is 5.28. The van der Waals surface area contributed by atoms with Gasteiger partial charge < -0.3 is 24.3 Å². The molecule has 2 amide bonds. The minimum absolute atomic E-state index is 0.0891. The van der Waals surface area contributed by atoms with E-state index in [1.165, 1.54) is 0 Å². The maximum absolute atomic E-state index is 12.6. The van der Waals surface area contributed by atoms with E-state index in [2.05, 4.69) is 21.8 Å². The molecule has 1 aromatic carbocycles. The van der Waals surface area contributed by atoms with Crippen molar-refractivity contribution in [1.29, 1.82) is 0 Å². The minimum atomic E-state index is -0.0891. The number of methoxy groups -OCH3 is 2. The predicted octanol–water partition coefficient (Wildman–Crippen LogP) is 3.41. The molecule has 146 valence electrons. The Morgan fingerprint density at radius 2 is 2.04 bits per heavy atom. The van der Waals surface area contributed by atoms with Crippen LogP contribution in [0.5, 0.6) is 11.5 Å². The molecule has 7 nitrogen and oxygen atoms in total. The van der Waals surface area contributed by atoms with Crippen LogP contribution in [0.2, 0.25) is 0 Å². The number of anilines is 1. The van der Waals surface area contributed by atoms with E-state index in [1.54, 1.807) is 32.4 Å². The molecule has 0 unspecified atom stereocenters. The second-order valence-corrected chi connectivity index (χ2v) is 6.78. The quantitative estimate of drug-likeness (QED) is 0.844. The number of hydrogen-bond donors (Lipinski definition) is 1. The van der Waals surface area contributed by atoms with Crippen LogP contribution in [0.3, 0.4) is 0 Å². The monoisotopic (exact) mass is 372 g/mol. The zero-order chi connectivity index (χ0) is 19.2. The highest BCUT2D eigenvalue weighted by Gasteiger charge is 2.24. The normalized spacial score (nSPS) is 14.9. The van der Waals surface area contributed by atoms with Gasteiger partial charge in [0.25, 0.3) is 0 Å². The van der Waals surface area contributed by atoms with Gasteiger partial charge in [-0.2, -0.15) is 0 Å². The van der Waals surface area contributed by atoms with Crippen LogP contribution < -0.4 is 14.8 Å². The van der Waals surface area contributed by atoms with E-state index in [4.69, 9.17) is 9.47 Å². The minimum Gasteiger partial charge on any atom is -0.497 e. The number of nitrogens with one attached hydrogen (secondary N) is 1. The Labute approximate surface area is 160 Å². The number of urea groups is 1. The third-order valence-electron chi connectivity index (χ3n) is 5.12. The molecular formula is C20H28N4O3. The third-order valence-corrected chi connectivity index (χ3v) is 5.12. The van der Waals surface area contributed by atoms with Crippen LogP contribution in [0.1, 0.15) is 25.6 Å². The number of amides is 2. The molecule has 3 rings (SSSR count). The third kappa shape index (κ3) is 4.53. The molecule has 1 saturated heterocycles. The van der Waals surface area contributed by atoms with Crippen LogP contribution in [0, 0.1) is 5.92 Å². The lowest BCUT2D eigenvalue weighted by Gasteiger charge is -2.32. The smallest absolute Gasteiger partial charge is 0.321 e. The van der Waals surface area contributed by atoms with Gasteiger partial charge in [-0.1, -0.05) is 6.92 Å². The van der Waals surface area contributed by atoms with Gasteiger partial charge in [0.1, 0.15) is 17.3 Å². The van der Waals surface area contributed by atoms with Crippen molar-refractivity contribution in [2.45, 2.75) is 32.7 Å². The zero-order valence-corrected chi connectivity index (χ0v) is 16.3. The Bertz CT molecular complexity index is 766. The van der Waals surface area contributed by atoms with Crippen LogP contribution >= 0.6 is 0 Å². The highest BCUT2D eigenvalue weighted by Crippen LogP contribution is 2.29. The summed E-state index contributed by atoms with van der Waals surface area (Å²) in [6.45, 7) is 4.61. The first-order valence-corrected chi connectivity index (χ1v) is 9.42. The molecule has 0 aliphatic carbocycles. The predicted molar refractivity (Wildman–Crippen MR) is 104 cm³/mol. The average molecular weight is 372 g/mol. The summed E-state index contributed by atoms with van der Waals surface area (Å²) < 4.78 is 12.8. The van der Waals surface area contributed by atoms with E-state index in [9.17, 15) is 4.79 Å². The van der Waals surface area contributed by atoms with Crippen molar-refractivity contribution in [3.8, 4) is 11.5 Å². The van der Waals surface area contributed by atoms with Crippen LogP contribution in [0.25, 0.3) is 0 Å². The number of aromatic nitrogens is 2. The number of carbonyl (C=O) groups excluding carboxylic acids is 1. The van der Waals surface area contributed by atoms with Crippen LogP contribution in [-0.2, 0) is 13.0 Å². The van der Waals surface area contributed by atoms with Crippen molar-refractivity contribution in [2.24, 2.45) is 5.92 Å². The van der Waals surface area contributed by atoms with Crippen LogP contribution in [-0.4, -0.2) is 47.8 Å². The van der Waals surface area contributed by atoms with E-state index in [0.29, 0.717) is 23.1 Å². The SMILES string of the molecule is CCc1nccn1CC1CCN(C(=O)Nc2ccc(OC)cc2OC)CC1. The van der Waals surface area contributed by atoms with E-state index in [0.717, 1.165) is 44.7 Å². The number of benzene rings is 1. The molecule has 1 aromatic heterocycles. The number of likely N-dealkylation sites (tertiary alicyclic amines) is 1. The molecule has 2 aromatic rings. The van der Waals surface area contributed by atoms with Gasteiger partial charge >= 0.3 is 6.03 Å². The van der Waals surface area contributed by atoms with E-state index in [-0.39, 0.29) is 6.03 Å². The Morgan fingerprint density at radius 1 is 1.26 bits per heavy atom. The summed E-state index contributed by atoms with van der Waals surface area (Å²) >= 11 is 0. The van der Waals surface area contributed by atoms with E-state index >= 15 is 0 Å². The van der Waals surface area contributed by atoms with Gasteiger partial charge in [0.2, 0.25) is 0 Å². The zero-order valence-electron chi connectivity index (χ0n) is 16.3. The molecule has 0 saturated carbocycles. The maximum atomic E-state index is 12.6. The van der Waals surface area contributed by atoms with Crippen molar-refractivity contribution >= 4 is 11.7 Å². The molecule has 1 aliphatic rings. The summed E-state index contributed by atoms with van der Waals surface area (Å²) in [7, 11) is 3.18. The van der Waals surface area contributed by atoms with Crippen LogP contribution in [0.4, 0.5) is 10.5 Å². The van der Waals surface area contributed by atoms with Gasteiger partial charge in [0.15, 0.2) is 0 Å². The fourth-order valence-corrected chi connectivity index (χ4v) is 3.51. The lowest BCUT2D eigenvalue weighted by Crippen LogP contribution is -2.41. The summed E-state index contributed by atoms with van der Waals surface area (Å²) in [4.78, 5) is 18.9. The molecule has 2 heterocycles. The van der Waals surface area contributed by atoms with Gasteiger partial charge in [-0.15, -0.1) is 0 Å². The average Bonchev–Trinajstić information content (AvgIpc) is 3.15. The number of piperidine rings is 1. The van der Waals surface area contributed by atoms with Gasteiger partial charge in [-0.25, -0.2) is 9.78 Å². The maximum Gasteiger partial charge on any atom is 0.321 e. The number of carbonyl (C=O) groups is 1. The molecule has 0 spiro atoms. The molecule has 1 aliphatic heterocycles. The largest absolute Gasteiger partial charge is 0.497 e. The van der Waals surface area contributed by atoms with Gasteiger partial charge in [-0.05, 0) is 30.9 Å². The number of rotatable bonds is 6. The topological polar surface area (TPSA) is 68.6 Å². The molecule has 1 N–H and O–H groups in total. The first-order valence-electron chi connectivity index (χ1n) is 9.42. The second kappa shape index (κ2) is 8.79. The molecule has 1 fully saturated rings. The van der Waals surface area contributed by atoms with Crippen molar-refractivity contribution in [1.82, 2.24) is 14.5 Å². The summed E-state index contributed by atoms with van der Waals surface area (Å²) in [6.07, 6.45) is 6.85.